The minimum absolute atomic E-state index is 0.0341. The summed E-state index contributed by atoms with van der Waals surface area (Å²) in [6, 6.07) is 4.49. The molecule has 3 N–H and O–H groups in total. The van der Waals surface area contributed by atoms with Gasteiger partial charge in [-0.05, 0) is 44.0 Å². The fraction of sp³-hybridized carbons (Fsp3) is 0.478. The number of carbonyl (C=O) groups is 2. The minimum Gasteiger partial charge on any atom is -0.354 e. The summed E-state index contributed by atoms with van der Waals surface area (Å²) in [5.74, 6) is -5.00. The number of nitrogens with two attached hydrogens (primary N) is 1. The Hall–Kier alpha value is -3.20. The van der Waals surface area contributed by atoms with Crippen molar-refractivity contribution in [3.8, 4) is 0 Å². The molecule has 1 saturated heterocycles. The molecular weight excluding hydrogens is 535 g/mol. The molecule has 3 rings (SSSR count). The Kier molecular flexibility index (Phi) is 8.41. The van der Waals surface area contributed by atoms with Gasteiger partial charge in [0, 0.05) is 42.8 Å². The molecule has 2 aromatic rings. The lowest BCUT2D eigenvalue weighted by Crippen LogP contribution is -2.31. The lowest BCUT2D eigenvalue weighted by atomic mass is 10.1. The van der Waals surface area contributed by atoms with E-state index in [1.165, 1.54) is 42.3 Å². The first-order valence-electron chi connectivity index (χ1n) is 11.5. The molecule has 208 valence electrons. The van der Waals surface area contributed by atoms with Gasteiger partial charge in [-0.1, -0.05) is 6.07 Å². The minimum atomic E-state index is -4.92. The normalized spacial score (nSPS) is 18.2. The van der Waals surface area contributed by atoms with E-state index in [1.807, 2.05) is 0 Å². The smallest absolute Gasteiger partial charge is 0.354 e. The summed E-state index contributed by atoms with van der Waals surface area (Å²) in [4.78, 5) is 26.6. The number of nitrogens with zero attached hydrogens (tertiary/aromatic N) is 4. The third-order valence-corrected chi connectivity index (χ3v) is 7.55. The molecule has 38 heavy (non-hydrogen) atoms. The number of hydrogen-bond donors (Lipinski definition) is 2. The molecule has 2 amide bonds. The average molecular weight is 563 g/mol. The summed E-state index contributed by atoms with van der Waals surface area (Å²) in [6.07, 6.45) is -4.65. The van der Waals surface area contributed by atoms with E-state index in [1.54, 1.807) is 0 Å². The largest absolute Gasteiger partial charge is 0.435 e. The first-order valence-corrected chi connectivity index (χ1v) is 13.4. The molecule has 0 saturated carbocycles. The zero-order chi connectivity index (χ0) is 28.5. The van der Waals surface area contributed by atoms with Gasteiger partial charge in [-0.15, -0.1) is 10.2 Å². The van der Waals surface area contributed by atoms with Gasteiger partial charge >= 0.3 is 6.18 Å². The Morgan fingerprint density at radius 3 is 2.53 bits per heavy atom. The zero-order valence-corrected chi connectivity index (χ0v) is 21.6. The number of nitrogens with one attached hydrogen (secondary N) is 1. The predicted molar refractivity (Wildman–Crippen MR) is 131 cm³/mol. The van der Waals surface area contributed by atoms with Gasteiger partial charge in [0.1, 0.15) is 0 Å². The fourth-order valence-corrected chi connectivity index (χ4v) is 5.15. The number of alkyl halides is 5. The second-order valence-corrected chi connectivity index (χ2v) is 11.3. The molecule has 0 aliphatic carbocycles. The van der Waals surface area contributed by atoms with E-state index in [0.717, 1.165) is 6.92 Å². The molecule has 15 heteroatoms. The average Bonchev–Trinajstić information content (AvgIpc) is 2.98. The van der Waals surface area contributed by atoms with Crippen LogP contribution in [0.25, 0.3) is 0 Å². The second-order valence-electron chi connectivity index (χ2n) is 9.07. The molecule has 2 atom stereocenters. The number of aromatic nitrogens is 2. The Labute approximate surface area is 216 Å². The summed E-state index contributed by atoms with van der Waals surface area (Å²) < 4.78 is 85.2. The van der Waals surface area contributed by atoms with Crippen LogP contribution in [0.3, 0.4) is 0 Å². The molecule has 0 bridgehead atoms. The van der Waals surface area contributed by atoms with Crippen LogP contribution in [0.5, 0.6) is 0 Å². The molecule has 0 radical (unpaired) electrons. The fourth-order valence-electron chi connectivity index (χ4n) is 3.86. The lowest BCUT2D eigenvalue weighted by molar-refractivity contribution is -0.142. The van der Waals surface area contributed by atoms with Crippen LogP contribution in [-0.2, 0) is 20.7 Å². The van der Waals surface area contributed by atoms with Crippen LogP contribution in [0.15, 0.2) is 33.5 Å². The highest BCUT2D eigenvalue weighted by Crippen LogP contribution is 2.36. The number of anilines is 2. The topological polar surface area (TPSA) is 131 Å². The van der Waals surface area contributed by atoms with E-state index in [9.17, 15) is 35.8 Å². The van der Waals surface area contributed by atoms with Gasteiger partial charge < -0.3 is 16.0 Å². The molecule has 9 nitrogen and oxygen atoms in total. The summed E-state index contributed by atoms with van der Waals surface area (Å²) in [5, 5.41) is 9.33. The number of rotatable bonds is 5. The van der Waals surface area contributed by atoms with Crippen LogP contribution in [-0.4, -0.2) is 57.5 Å². The van der Waals surface area contributed by atoms with Crippen molar-refractivity contribution in [2.45, 2.75) is 56.1 Å². The van der Waals surface area contributed by atoms with Gasteiger partial charge in [0.15, 0.2) is 11.5 Å². The van der Waals surface area contributed by atoms with Crippen molar-refractivity contribution in [2.75, 3.05) is 29.6 Å². The highest BCUT2D eigenvalue weighted by atomic mass is 32.2. The van der Waals surface area contributed by atoms with Crippen LogP contribution in [0, 0.1) is 6.92 Å². The zero-order valence-electron chi connectivity index (χ0n) is 20.8. The first kappa shape index (κ1) is 29.4. The van der Waals surface area contributed by atoms with Crippen molar-refractivity contribution in [2.24, 2.45) is 10.1 Å². The number of halogens is 5. The monoisotopic (exact) mass is 562 g/mol. The van der Waals surface area contributed by atoms with Gasteiger partial charge in [-0.2, -0.15) is 17.5 Å². The van der Waals surface area contributed by atoms with E-state index in [4.69, 9.17) is 5.73 Å². The maximum Gasteiger partial charge on any atom is 0.435 e. The molecular formula is C23H27F5N6O3S. The quantitative estimate of drug-likeness (QED) is 0.527. The van der Waals surface area contributed by atoms with Gasteiger partial charge in [0.25, 0.3) is 11.8 Å². The standard InChI is InChI=1S/C23H27F5N6O3S/c1-13-17(19(32-31-18(13)23(26,27)28)34-10-5-8-22(24,25)9-11-34)21(36)30-15-6-4-7-16(12-15)38(3,37)33-20(35)14(2)29/h4,6-7,12,14H,5,8-11,29H2,1-3H3,(H,30,36)/t14-,38-/m1/s1. The van der Waals surface area contributed by atoms with Crippen molar-refractivity contribution in [3.63, 3.8) is 0 Å². The van der Waals surface area contributed by atoms with Gasteiger partial charge in [0.2, 0.25) is 5.92 Å². The van der Waals surface area contributed by atoms with Crippen LogP contribution < -0.4 is 16.0 Å². The van der Waals surface area contributed by atoms with Gasteiger partial charge in [-0.25, -0.2) is 13.0 Å². The van der Waals surface area contributed by atoms with E-state index >= 15 is 0 Å². The Bertz CT molecular complexity index is 1360. The van der Waals surface area contributed by atoms with Crippen LogP contribution in [0.4, 0.5) is 33.5 Å². The molecule has 1 aromatic carbocycles. The summed E-state index contributed by atoms with van der Waals surface area (Å²) in [5.41, 5.74) is 3.14. The summed E-state index contributed by atoms with van der Waals surface area (Å²) in [7, 11) is -3.26. The van der Waals surface area contributed by atoms with Crippen molar-refractivity contribution < 1.29 is 35.8 Å². The van der Waals surface area contributed by atoms with E-state index < -0.39 is 69.3 Å². The molecule has 1 aromatic heterocycles. The van der Waals surface area contributed by atoms with E-state index in [0.29, 0.717) is 0 Å². The highest BCUT2D eigenvalue weighted by molar-refractivity contribution is 7.93. The molecule has 2 heterocycles. The van der Waals surface area contributed by atoms with Crippen molar-refractivity contribution >= 4 is 33.0 Å². The number of carbonyl (C=O) groups excluding carboxylic acids is 2. The van der Waals surface area contributed by atoms with Crippen molar-refractivity contribution in [1.29, 1.82) is 0 Å². The Morgan fingerprint density at radius 2 is 1.89 bits per heavy atom. The Balaban J connectivity index is 2.03. The van der Waals surface area contributed by atoms with Crippen molar-refractivity contribution in [1.82, 2.24) is 10.2 Å². The number of amides is 2. The number of benzene rings is 1. The second kappa shape index (κ2) is 10.9. The molecule has 1 fully saturated rings. The van der Waals surface area contributed by atoms with Crippen molar-refractivity contribution in [3.05, 3.63) is 41.1 Å². The Morgan fingerprint density at radius 1 is 1.21 bits per heavy atom. The van der Waals surface area contributed by atoms with E-state index in [2.05, 4.69) is 19.9 Å². The SMILES string of the molecule is Cc1c(C(F)(F)F)nnc(N2CCCC(F)(F)CC2)c1C(=O)Nc1cccc([S@@](C)(=O)=NC(=O)[C@@H](C)N)c1. The third kappa shape index (κ3) is 6.81. The third-order valence-electron chi connectivity index (χ3n) is 5.89. The molecule has 0 unspecified atom stereocenters. The van der Waals surface area contributed by atoms with E-state index in [-0.39, 0.29) is 35.9 Å². The number of hydrogen-bond acceptors (Lipinski definition) is 7. The summed E-state index contributed by atoms with van der Waals surface area (Å²) >= 11 is 0. The molecule has 1 aliphatic rings. The first-order chi connectivity index (χ1) is 17.5. The van der Waals surface area contributed by atoms with Crippen LogP contribution in [0.2, 0.25) is 0 Å². The maximum absolute atomic E-state index is 13.9. The van der Waals surface area contributed by atoms with Crippen LogP contribution >= 0.6 is 0 Å². The highest BCUT2D eigenvalue weighted by Gasteiger charge is 2.39. The predicted octanol–water partition coefficient (Wildman–Crippen LogP) is 4.01. The van der Waals surface area contributed by atoms with Gasteiger partial charge in [0.05, 0.1) is 21.3 Å². The molecule has 0 spiro atoms. The van der Waals surface area contributed by atoms with Gasteiger partial charge in [-0.3, -0.25) is 9.59 Å². The lowest BCUT2D eigenvalue weighted by Gasteiger charge is -2.25. The molecule has 1 aliphatic heterocycles. The summed E-state index contributed by atoms with van der Waals surface area (Å²) in [6.45, 7) is 2.23. The maximum atomic E-state index is 13.9. The van der Waals surface area contributed by atoms with Crippen LogP contribution in [0.1, 0.15) is 47.8 Å².